The van der Waals surface area contributed by atoms with Gasteiger partial charge >= 0.3 is 0 Å². The molecule has 1 saturated heterocycles. The lowest BCUT2D eigenvalue weighted by atomic mass is 10.1. The summed E-state index contributed by atoms with van der Waals surface area (Å²) >= 11 is 0. The maximum Gasteiger partial charge on any atom is 0.222 e. The van der Waals surface area contributed by atoms with Gasteiger partial charge in [-0.2, -0.15) is 0 Å². The van der Waals surface area contributed by atoms with Crippen molar-refractivity contribution in [1.29, 1.82) is 0 Å². The molecule has 18 heavy (non-hydrogen) atoms. The SMILES string of the molecule is COc1ccccc1CNC(=O)CC1CCCO1. The van der Waals surface area contributed by atoms with Crippen LogP contribution in [-0.4, -0.2) is 25.7 Å². The molecule has 0 aliphatic carbocycles. The summed E-state index contributed by atoms with van der Waals surface area (Å²) in [4.78, 5) is 11.7. The predicted octanol–water partition coefficient (Wildman–Crippen LogP) is 1.88. The Hall–Kier alpha value is -1.55. The average molecular weight is 249 g/mol. The molecule has 1 aromatic carbocycles. The molecule has 0 radical (unpaired) electrons. The lowest BCUT2D eigenvalue weighted by Gasteiger charge is -2.11. The molecule has 1 aliphatic heterocycles. The number of carbonyl (C=O) groups is 1. The van der Waals surface area contributed by atoms with E-state index in [0.717, 1.165) is 30.8 Å². The second-order valence-electron chi connectivity index (χ2n) is 4.43. The van der Waals surface area contributed by atoms with Gasteiger partial charge in [0.05, 0.1) is 19.6 Å². The molecule has 1 aliphatic rings. The summed E-state index contributed by atoms with van der Waals surface area (Å²) in [6, 6.07) is 7.69. The number of carbonyl (C=O) groups excluding carboxylic acids is 1. The molecule has 4 nitrogen and oxygen atoms in total. The summed E-state index contributed by atoms with van der Waals surface area (Å²) in [5.41, 5.74) is 0.987. The first-order valence-electron chi connectivity index (χ1n) is 6.30. The summed E-state index contributed by atoms with van der Waals surface area (Å²) in [6.07, 6.45) is 2.60. The minimum atomic E-state index is 0.0350. The van der Waals surface area contributed by atoms with E-state index in [1.165, 1.54) is 0 Å². The molecule has 0 spiro atoms. The highest BCUT2D eigenvalue weighted by Crippen LogP contribution is 2.18. The van der Waals surface area contributed by atoms with Crippen LogP contribution in [0.25, 0.3) is 0 Å². The van der Waals surface area contributed by atoms with E-state index in [-0.39, 0.29) is 12.0 Å². The number of hydrogen-bond acceptors (Lipinski definition) is 3. The zero-order chi connectivity index (χ0) is 12.8. The van der Waals surface area contributed by atoms with Gasteiger partial charge in [-0.05, 0) is 18.9 Å². The van der Waals surface area contributed by atoms with Gasteiger partial charge in [0.15, 0.2) is 0 Å². The van der Waals surface area contributed by atoms with E-state index in [2.05, 4.69) is 5.32 Å². The van der Waals surface area contributed by atoms with E-state index in [4.69, 9.17) is 9.47 Å². The van der Waals surface area contributed by atoms with Crippen LogP contribution in [0, 0.1) is 0 Å². The Labute approximate surface area is 107 Å². The van der Waals surface area contributed by atoms with Gasteiger partial charge in [-0.15, -0.1) is 0 Å². The van der Waals surface area contributed by atoms with E-state index in [9.17, 15) is 4.79 Å². The Kier molecular flexibility index (Phi) is 4.59. The number of ether oxygens (including phenoxy) is 2. The summed E-state index contributed by atoms with van der Waals surface area (Å²) < 4.78 is 10.7. The smallest absolute Gasteiger partial charge is 0.222 e. The zero-order valence-electron chi connectivity index (χ0n) is 10.6. The molecule has 1 aromatic rings. The Morgan fingerprint density at radius 2 is 2.33 bits per heavy atom. The molecule has 4 heteroatoms. The second kappa shape index (κ2) is 6.40. The third kappa shape index (κ3) is 3.47. The van der Waals surface area contributed by atoms with E-state index >= 15 is 0 Å². The standard InChI is InChI=1S/C14H19NO3/c1-17-13-7-3-2-5-11(13)10-15-14(16)9-12-6-4-8-18-12/h2-3,5,7,12H,4,6,8-10H2,1H3,(H,15,16). The first-order valence-corrected chi connectivity index (χ1v) is 6.30. The average Bonchev–Trinajstić information content (AvgIpc) is 2.89. The quantitative estimate of drug-likeness (QED) is 0.866. The molecule has 1 amide bonds. The molecule has 2 rings (SSSR count). The highest BCUT2D eigenvalue weighted by atomic mass is 16.5. The maximum atomic E-state index is 11.7. The molecular weight excluding hydrogens is 230 g/mol. The second-order valence-corrected chi connectivity index (χ2v) is 4.43. The molecule has 0 bridgehead atoms. The molecular formula is C14H19NO3. The van der Waals surface area contributed by atoms with Crippen molar-refractivity contribution in [2.75, 3.05) is 13.7 Å². The summed E-state index contributed by atoms with van der Waals surface area (Å²) in [6.45, 7) is 1.28. The minimum absolute atomic E-state index is 0.0350. The van der Waals surface area contributed by atoms with Crippen molar-refractivity contribution >= 4 is 5.91 Å². The maximum absolute atomic E-state index is 11.7. The highest BCUT2D eigenvalue weighted by Gasteiger charge is 2.18. The fourth-order valence-electron chi connectivity index (χ4n) is 2.13. The fraction of sp³-hybridized carbons (Fsp3) is 0.500. The number of methoxy groups -OCH3 is 1. The van der Waals surface area contributed by atoms with Crippen LogP contribution in [0.2, 0.25) is 0 Å². The molecule has 1 unspecified atom stereocenters. The van der Waals surface area contributed by atoms with Crippen molar-refractivity contribution < 1.29 is 14.3 Å². The van der Waals surface area contributed by atoms with Crippen molar-refractivity contribution in [3.05, 3.63) is 29.8 Å². The van der Waals surface area contributed by atoms with Crippen LogP contribution in [0.1, 0.15) is 24.8 Å². The van der Waals surface area contributed by atoms with Gasteiger partial charge in [0.1, 0.15) is 5.75 Å². The third-order valence-electron chi connectivity index (χ3n) is 3.11. The number of para-hydroxylation sites is 1. The van der Waals surface area contributed by atoms with Crippen LogP contribution in [0.5, 0.6) is 5.75 Å². The molecule has 1 N–H and O–H groups in total. The minimum Gasteiger partial charge on any atom is -0.496 e. The Bertz CT molecular complexity index is 400. The number of benzene rings is 1. The third-order valence-corrected chi connectivity index (χ3v) is 3.11. The van der Waals surface area contributed by atoms with E-state index in [1.54, 1.807) is 7.11 Å². The van der Waals surface area contributed by atoms with Crippen LogP contribution >= 0.6 is 0 Å². The van der Waals surface area contributed by atoms with Crippen molar-refractivity contribution in [1.82, 2.24) is 5.32 Å². The first-order chi connectivity index (χ1) is 8.79. The Balaban J connectivity index is 1.81. The monoisotopic (exact) mass is 249 g/mol. The summed E-state index contributed by atoms with van der Waals surface area (Å²) in [5, 5.41) is 2.90. The van der Waals surface area contributed by atoms with E-state index in [1.807, 2.05) is 24.3 Å². The molecule has 0 saturated carbocycles. The van der Waals surface area contributed by atoms with Gasteiger partial charge in [0, 0.05) is 18.7 Å². The van der Waals surface area contributed by atoms with Gasteiger partial charge in [0.2, 0.25) is 5.91 Å². The van der Waals surface area contributed by atoms with Crippen LogP contribution in [-0.2, 0) is 16.1 Å². The molecule has 1 fully saturated rings. The lowest BCUT2D eigenvalue weighted by molar-refractivity contribution is -0.123. The van der Waals surface area contributed by atoms with Crippen LogP contribution in [0.15, 0.2) is 24.3 Å². The van der Waals surface area contributed by atoms with E-state index in [0.29, 0.717) is 13.0 Å². The first kappa shape index (κ1) is 12.9. The van der Waals surface area contributed by atoms with Crippen molar-refractivity contribution in [2.45, 2.75) is 31.9 Å². The van der Waals surface area contributed by atoms with Crippen molar-refractivity contribution in [2.24, 2.45) is 0 Å². The number of hydrogen-bond donors (Lipinski definition) is 1. The number of rotatable bonds is 5. The van der Waals surface area contributed by atoms with Gasteiger partial charge < -0.3 is 14.8 Å². The number of nitrogens with one attached hydrogen (secondary N) is 1. The Morgan fingerprint density at radius 1 is 1.50 bits per heavy atom. The zero-order valence-corrected chi connectivity index (χ0v) is 10.6. The van der Waals surface area contributed by atoms with E-state index < -0.39 is 0 Å². The number of amides is 1. The van der Waals surface area contributed by atoms with Gasteiger partial charge in [-0.3, -0.25) is 4.79 Å². The Morgan fingerprint density at radius 3 is 3.06 bits per heavy atom. The van der Waals surface area contributed by atoms with Crippen LogP contribution < -0.4 is 10.1 Å². The lowest BCUT2D eigenvalue weighted by Crippen LogP contribution is -2.26. The molecule has 1 heterocycles. The predicted molar refractivity (Wildman–Crippen MR) is 68.4 cm³/mol. The molecule has 0 aromatic heterocycles. The van der Waals surface area contributed by atoms with Crippen LogP contribution in [0.3, 0.4) is 0 Å². The topological polar surface area (TPSA) is 47.6 Å². The largest absolute Gasteiger partial charge is 0.496 e. The highest BCUT2D eigenvalue weighted by molar-refractivity contribution is 5.76. The normalized spacial score (nSPS) is 18.6. The van der Waals surface area contributed by atoms with Crippen molar-refractivity contribution in [3.63, 3.8) is 0 Å². The summed E-state index contributed by atoms with van der Waals surface area (Å²) in [5.74, 6) is 0.836. The molecule has 98 valence electrons. The molecule has 1 atom stereocenters. The fourth-order valence-corrected chi connectivity index (χ4v) is 2.13. The van der Waals surface area contributed by atoms with Gasteiger partial charge in [-0.1, -0.05) is 18.2 Å². The van der Waals surface area contributed by atoms with Gasteiger partial charge in [0.25, 0.3) is 0 Å². The summed E-state index contributed by atoms with van der Waals surface area (Å²) in [7, 11) is 1.63. The van der Waals surface area contributed by atoms with Gasteiger partial charge in [-0.25, -0.2) is 0 Å². The van der Waals surface area contributed by atoms with Crippen LogP contribution in [0.4, 0.5) is 0 Å². The van der Waals surface area contributed by atoms with Crippen molar-refractivity contribution in [3.8, 4) is 5.75 Å².